The minimum Gasteiger partial charge on any atom is -0.496 e. The van der Waals surface area contributed by atoms with Gasteiger partial charge in [0.25, 0.3) is 0 Å². The average molecular weight is 326 g/mol. The lowest BCUT2D eigenvalue weighted by Gasteiger charge is -2.13. The van der Waals surface area contributed by atoms with Crippen LogP contribution in [0.1, 0.15) is 23.6 Å². The molecule has 2 rings (SSSR count). The van der Waals surface area contributed by atoms with E-state index in [1.54, 1.807) is 18.4 Å². The summed E-state index contributed by atoms with van der Waals surface area (Å²) in [6, 6.07) is 8.23. The van der Waals surface area contributed by atoms with E-state index in [0.29, 0.717) is 0 Å². The van der Waals surface area contributed by atoms with Crippen molar-refractivity contribution in [1.29, 1.82) is 0 Å². The normalized spacial score (nSPS) is 12.4. The minimum atomic E-state index is 0.0621. The summed E-state index contributed by atoms with van der Waals surface area (Å²) in [7, 11) is 1.66. The lowest BCUT2D eigenvalue weighted by molar-refractivity contribution is 0.412. The van der Waals surface area contributed by atoms with Crippen LogP contribution >= 0.6 is 27.3 Å². The summed E-state index contributed by atoms with van der Waals surface area (Å²) in [5.74, 6) is 0.837. The molecule has 0 aliphatic heterocycles. The molecular weight excluding hydrogens is 310 g/mol. The molecule has 1 unspecified atom stereocenters. The maximum Gasteiger partial charge on any atom is 0.133 e. The highest BCUT2D eigenvalue weighted by molar-refractivity contribution is 9.10. The number of thiophene rings is 1. The monoisotopic (exact) mass is 325 g/mol. The van der Waals surface area contributed by atoms with Crippen molar-refractivity contribution in [3.63, 3.8) is 0 Å². The molecule has 1 aromatic heterocycles. The maximum atomic E-state index is 6.21. The van der Waals surface area contributed by atoms with Gasteiger partial charge in [0.2, 0.25) is 0 Å². The molecule has 0 radical (unpaired) electrons. The third-order valence-corrected chi connectivity index (χ3v) is 4.28. The molecule has 2 N–H and O–H groups in total. The van der Waals surface area contributed by atoms with Crippen LogP contribution in [0.2, 0.25) is 0 Å². The Labute approximate surface area is 120 Å². The van der Waals surface area contributed by atoms with Crippen molar-refractivity contribution in [1.82, 2.24) is 0 Å². The Hall–Kier alpha value is -0.840. The summed E-state index contributed by atoms with van der Waals surface area (Å²) in [4.78, 5) is 0. The van der Waals surface area contributed by atoms with E-state index in [2.05, 4.69) is 32.8 Å². The lowest BCUT2D eigenvalue weighted by atomic mass is 10.0. The van der Waals surface area contributed by atoms with Crippen LogP contribution in [0.15, 0.2) is 39.5 Å². The van der Waals surface area contributed by atoms with Crippen molar-refractivity contribution < 1.29 is 4.74 Å². The molecule has 18 heavy (non-hydrogen) atoms. The molecule has 0 amide bonds. The molecule has 1 heterocycles. The fourth-order valence-corrected chi connectivity index (χ4v) is 3.10. The van der Waals surface area contributed by atoms with Gasteiger partial charge in [0.15, 0.2) is 0 Å². The van der Waals surface area contributed by atoms with Gasteiger partial charge in [-0.05, 0) is 68.9 Å². The predicted octanol–water partition coefficient (Wildman–Crippen LogP) is 4.15. The molecule has 96 valence electrons. The zero-order valence-corrected chi connectivity index (χ0v) is 12.6. The molecule has 1 atom stereocenters. The third-order valence-electron chi connectivity index (χ3n) is 2.93. The van der Waals surface area contributed by atoms with Gasteiger partial charge in [0.05, 0.1) is 11.6 Å². The first-order chi connectivity index (χ1) is 8.70. The van der Waals surface area contributed by atoms with E-state index in [9.17, 15) is 0 Å². The van der Waals surface area contributed by atoms with Gasteiger partial charge < -0.3 is 10.5 Å². The van der Waals surface area contributed by atoms with Gasteiger partial charge in [-0.2, -0.15) is 11.3 Å². The summed E-state index contributed by atoms with van der Waals surface area (Å²) in [5, 5.41) is 4.28. The van der Waals surface area contributed by atoms with Crippen LogP contribution in [-0.2, 0) is 6.42 Å². The van der Waals surface area contributed by atoms with Crippen LogP contribution in [0.3, 0.4) is 0 Å². The zero-order valence-electron chi connectivity index (χ0n) is 10.2. The van der Waals surface area contributed by atoms with E-state index in [-0.39, 0.29) is 6.04 Å². The van der Waals surface area contributed by atoms with Crippen molar-refractivity contribution >= 4 is 27.3 Å². The Morgan fingerprint density at radius 3 is 2.83 bits per heavy atom. The van der Waals surface area contributed by atoms with Crippen LogP contribution in [0.25, 0.3) is 0 Å². The number of hydrogen-bond donors (Lipinski definition) is 1. The second kappa shape index (κ2) is 6.36. The van der Waals surface area contributed by atoms with Crippen LogP contribution in [0, 0.1) is 0 Å². The molecule has 0 saturated heterocycles. The van der Waals surface area contributed by atoms with E-state index < -0.39 is 0 Å². The second-order valence-corrected chi connectivity index (χ2v) is 5.81. The molecule has 0 saturated carbocycles. The topological polar surface area (TPSA) is 35.2 Å². The number of nitrogens with two attached hydrogens (primary N) is 1. The van der Waals surface area contributed by atoms with Gasteiger partial charge in [-0.25, -0.2) is 0 Å². The number of rotatable bonds is 5. The average Bonchev–Trinajstić information content (AvgIpc) is 2.89. The van der Waals surface area contributed by atoms with E-state index in [1.165, 1.54) is 5.56 Å². The van der Waals surface area contributed by atoms with E-state index in [1.807, 2.05) is 18.2 Å². The van der Waals surface area contributed by atoms with Crippen molar-refractivity contribution in [3.05, 3.63) is 50.6 Å². The van der Waals surface area contributed by atoms with Gasteiger partial charge in [0, 0.05) is 6.04 Å². The summed E-state index contributed by atoms with van der Waals surface area (Å²) < 4.78 is 6.16. The highest BCUT2D eigenvalue weighted by Gasteiger charge is 2.09. The van der Waals surface area contributed by atoms with Crippen LogP contribution in [0.4, 0.5) is 0 Å². The second-order valence-electron chi connectivity index (χ2n) is 4.17. The quantitative estimate of drug-likeness (QED) is 0.896. The number of hydrogen-bond acceptors (Lipinski definition) is 3. The predicted molar refractivity (Wildman–Crippen MR) is 80.3 cm³/mol. The fourth-order valence-electron chi connectivity index (χ4n) is 1.84. The minimum absolute atomic E-state index is 0.0621. The summed E-state index contributed by atoms with van der Waals surface area (Å²) in [5.41, 5.74) is 8.71. The van der Waals surface area contributed by atoms with Crippen LogP contribution in [0.5, 0.6) is 5.75 Å². The van der Waals surface area contributed by atoms with E-state index in [0.717, 1.165) is 28.6 Å². The van der Waals surface area contributed by atoms with Gasteiger partial charge in [0.1, 0.15) is 5.75 Å². The summed E-state index contributed by atoms with van der Waals surface area (Å²) in [6.07, 6.45) is 1.98. The van der Waals surface area contributed by atoms with Gasteiger partial charge in [-0.15, -0.1) is 0 Å². The van der Waals surface area contributed by atoms with Crippen molar-refractivity contribution in [2.45, 2.75) is 18.9 Å². The van der Waals surface area contributed by atoms with Crippen molar-refractivity contribution in [2.24, 2.45) is 5.73 Å². The van der Waals surface area contributed by atoms with Crippen LogP contribution in [-0.4, -0.2) is 7.11 Å². The van der Waals surface area contributed by atoms with Crippen molar-refractivity contribution in [3.8, 4) is 5.75 Å². The highest BCUT2D eigenvalue weighted by Crippen LogP contribution is 2.28. The molecular formula is C14H16BrNOS. The van der Waals surface area contributed by atoms with E-state index in [4.69, 9.17) is 10.5 Å². The first-order valence-corrected chi connectivity index (χ1v) is 7.54. The molecule has 0 aliphatic carbocycles. The number of aryl methyl sites for hydroxylation is 1. The third kappa shape index (κ3) is 3.34. The first-order valence-electron chi connectivity index (χ1n) is 5.81. The molecule has 0 spiro atoms. The molecule has 1 aromatic carbocycles. The first kappa shape index (κ1) is 13.6. The Kier molecular flexibility index (Phi) is 4.80. The summed E-state index contributed by atoms with van der Waals surface area (Å²) in [6.45, 7) is 0. The Bertz CT molecular complexity index is 499. The standard InChI is InChI=1S/C14H16BrNOS/c1-17-14-5-3-11(8-12(14)15)13(16)4-2-10-6-7-18-9-10/h3,5-9,13H,2,4,16H2,1H3. The van der Waals surface area contributed by atoms with Crippen molar-refractivity contribution in [2.75, 3.05) is 7.11 Å². The Morgan fingerprint density at radius 1 is 1.39 bits per heavy atom. The molecule has 0 aliphatic rings. The number of halogens is 1. The van der Waals surface area contributed by atoms with E-state index >= 15 is 0 Å². The smallest absolute Gasteiger partial charge is 0.133 e. The SMILES string of the molecule is COc1ccc(C(N)CCc2ccsc2)cc1Br. The number of ether oxygens (including phenoxy) is 1. The highest BCUT2D eigenvalue weighted by atomic mass is 79.9. The van der Waals surface area contributed by atoms with Gasteiger partial charge in [-0.3, -0.25) is 0 Å². The maximum absolute atomic E-state index is 6.21. The Balaban J connectivity index is 2.00. The lowest BCUT2D eigenvalue weighted by Crippen LogP contribution is -2.11. The fraction of sp³-hybridized carbons (Fsp3) is 0.286. The zero-order chi connectivity index (χ0) is 13.0. The molecule has 2 nitrogen and oxygen atoms in total. The van der Waals surface area contributed by atoms with Crippen LogP contribution < -0.4 is 10.5 Å². The number of methoxy groups -OCH3 is 1. The molecule has 0 fully saturated rings. The Morgan fingerprint density at radius 2 is 2.22 bits per heavy atom. The van der Waals surface area contributed by atoms with Gasteiger partial charge >= 0.3 is 0 Å². The van der Waals surface area contributed by atoms with Gasteiger partial charge in [-0.1, -0.05) is 6.07 Å². The summed E-state index contributed by atoms with van der Waals surface area (Å²) >= 11 is 5.22. The molecule has 2 aromatic rings. The number of benzene rings is 1. The molecule has 4 heteroatoms. The largest absolute Gasteiger partial charge is 0.496 e. The molecule has 0 bridgehead atoms.